The van der Waals surface area contributed by atoms with Crippen LogP contribution >= 0.6 is 0 Å². The van der Waals surface area contributed by atoms with Crippen molar-refractivity contribution >= 4 is 10.0 Å². The van der Waals surface area contributed by atoms with Crippen LogP contribution in [0.25, 0.3) is 0 Å². The number of hydrogen-bond donors (Lipinski definition) is 2. The minimum atomic E-state index is -3.12. The van der Waals surface area contributed by atoms with Crippen LogP contribution in [0.5, 0.6) is 0 Å². The Kier molecular flexibility index (Phi) is 4.60. The third-order valence-electron chi connectivity index (χ3n) is 3.80. The summed E-state index contributed by atoms with van der Waals surface area (Å²) in [6, 6.07) is 8.40. The molecular formula is C14H22N2O2S. The second-order valence-corrected chi connectivity index (χ2v) is 7.17. The molecule has 106 valence electrons. The van der Waals surface area contributed by atoms with Crippen LogP contribution in [0.1, 0.15) is 23.5 Å². The Balaban J connectivity index is 2.14. The molecule has 1 aliphatic rings. The highest BCUT2D eigenvalue weighted by molar-refractivity contribution is 7.88. The summed E-state index contributed by atoms with van der Waals surface area (Å²) in [5.41, 5.74) is 2.64. The highest BCUT2D eigenvalue weighted by atomic mass is 32.2. The Morgan fingerprint density at radius 3 is 2.79 bits per heavy atom. The van der Waals surface area contributed by atoms with Crippen molar-refractivity contribution in [2.45, 2.75) is 19.3 Å². The van der Waals surface area contributed by atoms with Crippen LogP contribution in [0.2, 0.25) is 0 Å². The van der Waals surface area contributed by atoms with E-state index in [1.807, 2.05) is 6.07 Å². The van der Waals surface area contributed by atoms with Crippen LogP contribution < -0.4 is 10.0 Å². The molecule has 0 radical (unpaired) electrons. The van der Waals surface area contributed by atoms with E-state index >= 15 is 0 Å². The van der Waals surface area contributed by atoms with Gasteiger partial charge in [0.05, 0.1) is 6.26 Å². The SMILES string of the molecule is Cc1ccccc1C1CCNCC1CNS(C)(=O)=O. The molecule has 0 bridgehead atoms. The minimum Gasteiger partial charge on any atom is -0.316 e. The highest BCUT2D eigenvalue weighted by Crippen LogP contribution is 2.31. The van der Waals surface area contributed by atoms with E-state index in [9.17, 15) is 8.42 Å². The van der Waals surface area contributed by atoms with Gasteiger partial charge in [0.1, 0.15) is 0 Å². The van der Waals surface area contributed by atoms with Gasteiger partial charge in [-0.2, -0.15) is 0 Å². The number of nitrogens with one attached hydrogen (secondary N) is 2. The normalized spacial score (nSPS) is 24.3. The van der Waals surface area contributed by atoms with Gasteiger partial charge in [-0.3, -0.25) is 0 Å². The van der Waals surface area contributed by atoms with Crippen LogP contribution in [0.4, 0.5) is 0 Å². The fourth-order valence-electron chi connectivity index (χ4n) is 2.81. The van der Waals surface area contributed by atoms with Gasteiger partial charge < -0.3 is 5.32 Å². The molecule has 1 aromatic carbocycles. The quantitative estimate of drug-likeness (QED) is 0.873. The smallest absolute Gasteiger partial charge is 0.208 e. The van der Waals surface area contributed by atoms with Gasteiger partial charge in [-0.15, -0.1) is 0 Å². The summed E-state index contributed by atoms with van der Waals surface area (Å²) in [5.74, 6) is 0.737. The van der Waals surface area contributed by atoms with Crippen molar-refractivity contribution in [3.63, 3.8) is 0 Å². The van der Waals surface area contributed by atoms with Crippen LogP contribution in [0.3, 0.4) is 0 Å². The lowest BCUT2D eigenvalue weighted by atomic mass is 9.79. The molecule has 2 unspecified atom stereocenters. The molecule has 19 heavy (non-hydrogen) atoms. The lowest BCUT2D eigenvalue weighted by molar-refractivity contribution is 0.325. The fourth-order valence-corrected chi connectivity index (χ4v) is 3.32. The Morgan fingerprint density at radius 1 is 1.37 bits per heavy atom. The second kappa shape index (κ2) is 6.03. The zero-order chi connectivity index (χ0) is 13.9. The molecule has 5 heteroatoms. The van der Waals surface area contributed by atoms with Gasteiger partial charge >= 0.3 is 0 Å². The number of hydrogen-bond acceptors (Lipinski definition) is 3. The van der Waals surface area contributed by atoms with Gasteiger partial charge in [0, 0.05) is 6.54 Å². The molecule has 1 fully saturated rings. The molecule has 1 saturated heterocycles. The standard InChI is InChI=1S/C14H22N2O2S/c1-11-5-3-4-6-13(11)14-7-8-15-9-12(14)10-16-19(2,17)18/h3-6,12,14-16H,7-10H2,1-2H3. The molecule has 0 saturated carbocycles. The van der Waals surface area contributed by atoms with Gasteiger partial charge in [-0.1, -0.05) is 24.3 Å². The van der Waals surface area contributed by atoms with E-state index in [2.05, 4.69) is 35.2 Å². The molecular weight excluding hydrogens is 260 g/mol. The van der Waals surface area contributed by atoms with Crippen LogP contribution in [-0.4, -0.2) is 34.3 Å². The maximum absolute atomic E-state index is 11.3. The second-order valence-electron chi connectivity index (χ2n) is 5.34. The molecule has 0 amide bonds. The predicted molar refractivity (Wildman–Crippen MR) is 77.7 cm³/mol. The average Bonchev–Trinajstić information content (AvgIpc) is 2.37. The molecule has 0 spiro atoms. The lowest BCUT2D eigenvalue weighted by Crippen LogP contribution is -2.42. The molecule has 2 N–H and O–H groups in total. The van der Waals surface area contributed by atoms with Gasteiger partial charge in [-0.25, -0.2) is 13.1 Å². The summed E-state index contributed by atoms with van der Waals surface area (Å²) >= 11 is 0. The first-order valence-corrected chi connectivity index (χ1v) is 8.57. The van der Waals surface area contributed by atoms with E-state index in [-0.39, 0.29) is 0 Å². The van der Waals surface area contributed by atoms with E-state index in [0.717, 1.165) is 19.5 Å². The number of sulfonamides is 1. The molecule has 0 aliphatic carbocycles. The molecule has 0 aromatic heterocycles. The fraction of sp³-hybridized carbons (Fsp3) is 0.571. The van der Waals surface area contributed by atoms with Crippen molar-refractivity contribution in [3.8, 4) is 0 Å². The highest BCUT2D eigenvalue weighted by Gasteiger charge is 2.27. The summed E-state index contributed by atoms with van der Waals surface area (Å²) in [6.45, 7) is 4.49. The molecule has 4 nitrogen and oxygen atoms in total. The zero-order valence-electron chi connectivity index (χ0n) is 11.5. The van der Waals surface area contributed by atoms with Gasteiger partial charge in [0.25, 0.3) is 0 Å². The lowest BCUT2D eigenvalue weighted by Gasteiger charge is -2.33. The van der Waals surface area contributed by atoms with Crippen molar-refractivity contribution in [2.75, 3.05) is 25.9 Å². The molecule has 2 atom stereocenters. The largest absolute Gasteiger partial charge is 0.316 e. The first-order chi connectivity index (χ1) is 8.97. The van der Waals surface area contributed by atoms with Gasteiger partial charge in [0.15, 0.2) is 0 Å². The zero-order valence-corrected chi connectivity index (χ0v) is 12.3. The monoisotopic (exact) mass is 282 g/mol. The van der Waals surface area contributed by atoms with E-state index < -0.39 is 10.0 Å². The number of benzene rings is 1. The summed E-state index contributed by atoms with van der Waals surface area (Å²) < 4.78 is 25.1. The van der Waals surface area contributed by atoms with Crippen molar-refractivity contribution in [1.82, 2.24) is 10.0 Å². The molecule has 1 aliphatic heterocycles. The topological polar surface area (TPSA) is 58.2 Å². The third-order valence-corrected chi connectivity index (χ3v) is 4.49. The van der Waals surface area contributed by atoms with Crippen molar-refractivity contribution in [1.29, 1.82) is 0 Å². The van der Waals surface area contributed by atoms with Gasteiger partial charge in [-0.05, 0) is 49.4 Å². The summed E-state index contributed by atoms with van der Waals surface area (Å²) in [5, 5.41) is 3.36. The maximum atomic E-state index is 11.3. The van der Waals surface area contributed by atoms with E-state index in [1.165, 1.54) is 17.4 Å². The van der Waals surface area contributed by atoms with E-state index in [0.29, 0.717) is 18.4 Å². The Morgan fingerprint density at radius 2 is 2.11 bits per heavy atom. The van der Waals surface area contributed by atoms with Gasteiger partial charge in [0.2, 0.25) is 10.0 Å². The Bertz CT molecular complexity index is 528. The maximum Gasteiger partial charge on any atom is 0.208 e. The van der Waals surface area contributed by atoms with Crippen molar-refractivity contribution in [2.24, 2.45) is 5.92 Å². The van der Waals surface area contributed by atoms with Crippen LogP contribution in [0, 0.1) is 12.8 Å². The first kappa shape index (κ1) is 14.5. The van der Waals surface area contributed by atoms with Crippen molar-refractivity contribution < 1.29 is 8.42 Å². The molecule has 1 aromatic rings. The number of rotatable bonds is 4. The predicted octanol–water partition coefficient (Wildman–Crippen LogP) is 1.24. The van der Waals surface area contributed by atoms with Crippen molar-refractivity contribution in [3.05, 3.63) is 35.4 Å². The first-order valence-electron chi connectivity index (χ1n) is 6.68. The summed E-state index contributed by atoms with van der Waals surface area (Å²) in [4.78, 5) is 0. The molecule has 2 rings (SSSR count). The summed E-state index contributed by atoms with van der Waals surface area (Å²) in [6.07, 6.45) is 2.27. The third kappa shape index (κ3) is 4.03. The number of piperidine rings is 1. The van der Waals surface area contributed by atoms with Crippen LogP contribution in [0.15, 0.2) is 24.3 Å². The van der Waals surface area contributed by atoms with E-state index in [4.69, 9.17) is 0 Å². The minimum absolute atomic E-state index is 0.310. The Hall–Kier alpha value is -0.910. The molecule has 1 heterocycles. The Labute approximate surface area is 115 Å². The summed E-state index contributed by atoms with van der Waals surface area (Å²) in [7, 11) is -3.12. The van der Waals surface area contributed by atoms with Crippen LogP contribution in [-0.2, 0) is 10.0 Å². The number of aryl methyl sites for hydroxylation is 1. The average molecular weight is 282 g/mol. The van der Waals surface area contributed by atoms with E-state index in [1.54, 1.807) is 0 Å².